The van der Waals surface area contributed by atoms with E-state index in [-0.39, 0.29) is 5.91 Å². The van der Waals surface area contributed by atoms with E-state index >= 15 is 0 Å². The molecule has 1 aliphatic rings. The summed E-state index contributed by atoms with van der Waals surface area (Å²) in [5.74, 6) is 1.16. The van der Waals surface area contributed by atoms with Crippen molar-refractivity contribution in [3.63, 3.8) is 0 Å². The first-order valence-electron chi connectivity index (χ1n) is 6.90. The maximum Gasteiger partial charge on any atom is 0.266 e. The molecule has 1 amide bonds. The Hall–Kier alpha value is -2.44. The van der Waals surface area contributed by atoms with E-state index in [1.165, 1.54) is 0 Å². The topological polar surface area (TPSA) is 75.4 Å². The zero-order valence-electron chi connectivity index (χ0n) is 12.1. The first kappa shape index (κ1) is 13.5. The Bertz CT molecular complexity index is 629. The molecule has 7 nitrogen and oxygen atoms in total. The summed E-state index contributed by atoms with van der Waals surface area (Å²) in [5, 5.41) is 3.90. The van der Waals surface area contributed by atoms with Crippen LogP contribution in [0.2, 0.25) is 0 Å². The normalized spacial score (nSPS) is 15.3. The van der Waals surface area contributed by atoms with Crippen molar-refractivity contribution < 1.29 is 9.32 Å². The standard InChI is InChI=1S/C14H17N5O2/c1-10-3-4-12(9-15-10)13(20)18-5-7-19(8-6-18)14-16-11(2)21-17-14/h3-4,9H,5-8H2,1-2H3. The van der Waals surface area contributed by atoms with E-state index < -0.39 is 0 Å². The SMILES string of the molecule is Cc1ccc(C(=O)N2CCN(c3noc(C)n3)CC2)cn1. The Morgan fingerprint density at radius 2 is 1.95 bits per heavy atom. The van der Waals surface area contributed by atoms with Gasteiger partial charge in [-0.1, -0.05) is 0 Å². The first-order chi connectivity index (χ1) is 10.1. The predicted molar refractivity (Wildman–Crippen MR) is 76.1 cm³/mol. The van der Waals surface area contributed by atoms with Crippen LogP contribution in [0.1, 0.15) is 21.9 Å². The van der Waals surface area contributed by atoms with Crippen LogP contribution in [-0.4, -0.2) is 52.1 Å². The van der Waals surface area contributed by atoms with E-state index in [1.54, 1.807) is 13.1 Å². The lowest BCUT2D eigenvalue weighted by Crippen LogP contribution is -2.49. The third kappa shape index (κ3) is 2.86. The second-order valence-electron chi connectivity index (χ2n) is 5.08. The summed E-state index contributed by atoms with van der Waals surface area (Å²) in [4.78, 5) is 24.6. The van der Waals surface area contributed by atoms with Crippen LogP contribution >= 0.6 is 0 Å². The highest BCUT2D eigenvalue weighted by molar-refractivity contribution is 5.94. The maximum absolute atomic E-state index is 12.4. The molecule has 7 heteroatoms. The highest BCUT2D eigenvalue weighted by atomic mass is 16.5. The van der Waals surface area contributed by atoms with Crippen molar-refractivity contribution >= 4 is 11.9 Å². The number of hydrogen-bond donors (Lipinski definition) is 0. The van der Waals surface area contributed by atoms with Gasteiger partial charge in [-0.3, -0.25) is 9.78 Å². The van der Waals surface area contributed by atoms with Gasteiger partial charge in [0.05, 0.1) is 5.56 Å². The molecule has 2 aromatic heterocycles. The van der Waals surface area contributed by atoms with Crippen molar-refractivity contribution in [3.05, 3.63) is 35.5 Å². The molecule has 110 valence electrons. The maximum atomic E-state index is 12.4. The molecule has 0 aromatic carbocycles. The molecule has 0 bridgehead atoms. The molecule has 0 N–H and O–H groups in total. The van der Waals surface area contributed by atoms with Crippen molar-refractivity contribution in [2.24, 2.45) is 0 Å². The van der Waals surface area contributed by atoms with Gasteiger partial charge < -0.3 is 14.3 Å². The number of nitrogens with zero attached hydrogens (tertiary/aromatic N) is 5. The van der Waals surface area contributed by atoms with Crippen molar-refractivity contribution in [2.45, 2.75) is 13.8 Å². The molecule has 3 rings (SSSR count). The lowest BCUT2D eigenvalue weighted by Gasteiger charge is -2.33. The first-order valence-corrected chi connectivity index (χ1v) is 6.90. The molecule has 0 aliphatic carbocycles. The number of anilines is 1. The molecule has 1 aliphatic heterocycles. The number of piperazine rings is 1. The number of aromatic nitrogens is 3. The van der Waals surface area contributed by atoms with Gasteiger partial charge in [-0.25, -0.2) is 0 Å². The van der Waals surface area contributed by atoms with Crippen LogP contribution in [0, 0.1) is 13.8 Å². The summed E-state index contributed by atoms with van der Waals surface area (Å²) in [6, 6.07) is 3.67. The van der Waals surface area contributed by atoms with E-state index in [0.717, 1.165) is 5.69 Å². The highest BCUT2D eigenvalue weighted by Crippen LogP contribution is 2.14. The Morgan fingerprint density at radius 3 is 2.52 bits per heavy atom. The number of rotatable bonds is 2. The second-order valence-corrected chi connectivity index (χ2v) is 5.08. The second kappa shape index (κ2) is 5.51. The molecule has 0 unspecified atom stereocenters. The lowest BCUT2D eigenvalue weighted by atomic mass is 10.2. The third-order valence-electron chi connectivity index (χ3n) is 3.52. The van der Waals surface area contributed by atoms with Gasteiger partial charge in [0.2, 0.25) is 5.89 Å². The van der Waals surface area contributed by atoms with Crippen LogP contribution in [0.25, 0.3) is 0 Å². The fourth-order valence-corrected chi connectivity index (χ4v) is 2.30. The van der Waals surface area contributed by atoms with E-state index in [0.29, 0.717) is 43.6 Å². The zero-order valence-corrected chi connectivity index (χ0v) is 12.1. The number of amides is 1. The van der Waals surface area contributed by atoms with E-state index in [9.17, 15) is 4.79 Å². The monoisotopic (exact) mass is 287 g/mol. The summed E-state index contributed by atoms with van der Waals surface area (Å²) >= 11 is 0. The molecule has 3 heterocycles. The molecule has 1 fully saturated rings. The van der Waals surface area contributed by atoms with Gasteiger partial charge in [0.15, 0.2) is 0 Å². The lowest BCUT2D eigenvalue weighted by molar-refractivity contribution is 0.0745. The molecule has 21 heavy (non-hydrogen) atoms. The molecule has 0 radical (unpaired) electrons. The summed E-state index contributed by atoms with van der Waals surface area (Å²) in [6.07, 6.45) is 1.63. The summed E-state index contributed by atoms with van der Waals surface area (Å²) < 4.78 is 4.98. The summed E-state index contributed by atoms with van der Waals surface area (Å²) in [5.41, 5.74) is 1.54. The Balaban J connectivity index is 1.63. The van der Waals surface area contributed by atoms with Crippen LogP contribution in [-0.2, 0) is 0 Å². The van der Waals surface area contributed by atoms with Gasteiger partial charge >= 0.3 is 0 Å². The molecular weight excluding hydrogens is 270 g/mol. The Morgan fingerprint density at radius 1 is 1.19 bits per heavy atom. The summed E-state index contributed by atoms with van der Waals surface area (Å²) in [7, 11) is 0. The molecule has 0 saturated carbocycles. The number of carbonyl (C=O) groups is 1. The van der Waals surface area contributed by atoms with E-state index in [1.807, 2.05) is 28.9 Å². The van der Waals surface area contributed by atoms with Gasteiger partial charge in [0.25, 0.3) is 11.9 Å². The minimum absolute atomic E-state index is 0.0199. The molecule has 2 aromatic rings. The summed E-state index contributed by atoms with van der Waals surface area (Å²) in [6.45, 7) is 6.34. The smallest absolute Gasteiger partial charge is 0.266 e. The van der Waals surface area contributed by atoms with E-state index in [2.05, 4.69) is 15.1 Å². The van der Waals surface area contributed by atoms with Crippen LogP contribution in [0.4, 0.5) is 5.95 Å². The molecule has 1 saturated heterocycles. The molecule has 0 spiro atoms. The average Bonchev–Trinajstić information content (AvgIpc) is 2.94. The van der Waals surface area contributed by atoms with Gasteiger partial charge in [-0.2, -0.15) is 4.98 Å². The quantitative estimate of drug-likeness (QED) is 0.821. The largest absolute Gasteiger partial charge is 0.338 e. The van der Waals surface area contributed by atoms with E-state index in [4.69, 9.17) is 4.52 Å². The number of carbonyl (C=O) groups excluding carboxylic acids is 1. The minimum Gasteiger partial charge on any atom is -0.338 e. The van der Waals surface area contributed by atoms with Crippen molar-refractivity contribution in [1.29, 1.82) is 0 Å². The predicted octanol–water partition coefficient (Wildman–Crippen LogP) is 1.04. The van der Waals surface area contributed by atoms with Crippen LogP contribution in [0.3, 0.4) is 0 Å². The van der Waals surface area contributed by atoms with Gasteiger partial charge in [0, 0.05) is 45.0 Å². The van der Waals surface area contributed by atoms with Crippen molar-refractivity contribution in [1.82, 2.24) is 20.0 Å². The molecule has 0 atom stereocenters. The Kier molecular flexibility index (Phi) is 3.55. The fourth-order valence-electron chi connectivity index (χ4n) is 2.30. The number of aryl methyl sites for hydroxylation is 2. The average molecular weight is 287 g/mol. The third-order valence-corrected chi connectivity index (χ3v) is 3.52. The van der Waals surface area contributed by atoms with Gasteiger partial charge in [-0.05, 0) is 24.2 Å². The zero-order chi connectivity index (χ0) is 14.8. The van der Waals surface area contributed by atoms with Crippen molar-refractivity contribution in [3.8, 4) is 0 Å². The minimum atomic E-state index is 0.0199. The fraction of sp³-hybridized carbons (Fsp3) is 0.429. The number of hydrogen-bond acceptors (Lipinski definition) is 6. The highest BCUT2D eigenvalue weighted by Gasteiger charge is 2.24. The van der Waals surface area contributed by atoms with Crippen LogP contribution in [0.15, 0.2) is 22.9 Å². The molecular formula is C14H17N5O2. The van der Waals surface area contributed by atoms with Gasteiger partial charge in [-0.15, -0.1) is 0 Å². The number of pyridine rings is 1. The van der Waals surface area contributed by atoms with Gasteiger partial charge in [0.1, 0.15) is 0 Å². The van der Waals surface area contributed by atoms with Crippen LogP contribution in [0.5, 0.6) is 0 Å². The Labute approximate surface area is 122 Å². The van der Waals surface area contributed by atoms with Crippen LogP contribution < -0.4 is 4.90 Å². The van der Waals surface area contributed by atoms with Crippen molar-refractivity contribution in [2.75, 3.05) is 31.1 Å².